The smallest absolute Gasteiger partial charge is 0.123 e. The molecule has 1 aromatic rings. The van der Waals surface area contributed by atoms with Crippen molar-refractivity contribution in [2.75, 3.05) is 13.1 Å². The molecule has 16 heavy (non-hydrogen) atoms. The zero-order valence-electron chi connectivity index (χ0n) is 9.83. The molecule has 86 valence electrons. The monoisotopic (exact) mass is 217 g/mol. The van der Waals surface area contributed by atoms with E-state index in [9.17, 15) is 0 Å². The Morgan fingerprint density at radius 3 is 2.81 bits per heavy atom. The fourth-order valence-electron chi connectivity index (χ4n) is 3.30. The maximum atomic E-state index is 5.94. The van der Waals surface area contributed by atoms with Gasteiger partial charge in [0.25, 0.3) is 0 Å². The van der Waals surface area contributed by atoms with E-state index in [-0.39, 0.29) is 0 Å². The summed E-state index contributed by atoms with van der Waals surface area (Å²) in [6, 6.07) is 8.59. The van der Waals surface area contributed by atoms with E-state index in [0.29, 0.717) is 11.5 Å². The van der Waals surface area contributed by atoms with E-state index in [1.54, 1.807) is 0 Å². The van der Waals surface area contributed by atoms with Crippen LogP contribution < -0.4 is 10.1 Å². The summed E-state index contributed by atoms with van der Waals surface area (Å²) in [6.45, 7) is 4.47. The highest BCUT2D eigenvalue weighted by Crippen LogP contribution is 2.46. The van der Waals surface area contributed by atoms with Gasteiger partial charge in [0.05, 0.1) is 6.10 Å². The Balaban J connectivity index is 2.05. The Morgan fingerprint density at radius 2 is 2.00 bits per heavy atom. The Morgan fingerprint density at radius 1 is 1.25 bits per heavy atom. The first-order chi connectivity index (χ1) is 7.80. The van der Waals surface area contributed by atoms with Crippen LogP contribution in [0.15, 0.2) is 24.3 Å². The Hall–Kier alpha value is -1.02. The Bertz CT molecular complexity index is 382. The second-order valence-electron chi connectivity index (χ2n) is 5.16. The molecule has 0 saturated carbocycles. The molecule has 0 bridgehead atoms. The first-order valence-electron chi connectivity index (χ1n) is 6.27. The van der Waals surface area contributed by atoms with Gasteiger partial charge in [-0.25, -0.2) is 0 Å². The molecule has 1 spiro atoms. The van der Waals surface area contributed by atoms with E-state index in [2.05, 4.69) is 36.5 Å². The third kappa shape index (κ3) is 1.52. The summed E-state index contributed by atoms with van der Waals surface area (Å²) in [4.78, 5) is 0. The molecule has 2 aliphatic rings. The van der Waals surface area contributed by atoms with Gasteiger partial charge in [-0.05, 0) is 45.3 Å². The average Bonchev–Trinajstić information content (AvgIpc) is 2.30. The molecule has 1 aromatic carbocycles. The second kappa shape index (κ2) is 3.77. The lowest BCUT2D eigenvalue weighted by Gasteiger charge is -2.44. The molecule has 0 radical (unpaired) electrons. The van der Waals surface area contributed by atoms with Gasteiger partial charge in [-0.1, -0.05) is 18.2 Å². The van der Waals surface area contributed by atoms with Gasteiger partial charge in [-0.2, -0.15) is 0 Å². The molecule has 2 heterocycles. The third-order valence-corrected chi connectivity index (χ3v) is 4.03. The minimum Gasteiger partial charge on any atom is -0.490 e. The van der Waals surface area contributed by atoms with Crippen LogP contribution in [0, 0.1) is 0 Å². The first kappa shape index (κ1) is 10.2. The van der Waals surface area contributed by atoms with Gasteiger partial charge in [0.1, 0.15) is 5.75 Å². The van der Waals surface area contributed by atoms with Crippen LogP contribution in [0.25, 0.3) is 0 Å². The predicted octanol–water partition coefficient (Wildman–Crippen LogP) is 2.48. The number of rotatable bonds is 0. The largest absolute Gasteiger partial charge is 0.490 e. The van der Waals surface area contributed by atoms with Crippen molar-refractivity contribution < 1.29 is 4.74 Å². The summed E-state index contributed by atoms with van der Waals surface area (Å²) in [5, 5.41) is 3.46. The van der Waals surface area contributed by atoms with Crippen molar-refractivity contribution in [1.29, 1.82) is 0 Å². The van der Waals surface area contributed by atoms with Gasteiger partial charge in [0.15, 0.2) is 0 Å². The summed E-state index contributed by atoms with van der Waals surface area (Å²) in [5.74, 6) is 1.11. The number of hydrogen-bond acceptors (Lipinski definition) is 2. The molecule has 2 nitrogen and oxygen atoms in total. The number of nitrogens with one attached hydrogen (secondary N) is 1. The van der Waals surface area contributed by atoms with Crippen LogP contribution in [-0.4, -0.2) is 19.2 Å². The zero-order valence-corrected chi connectivity index (χ0v) is 9.83. The standard InChI is InChI=1S/C14H19NO/c1-11-10-14(6-8-15-9-7-14)12-4-2-3-5-13(12)16-11/h2-5,11,15H,6-10H2,1H3. The van der Waals surface area contributed by atoms with Crippen molar-refractivity contribution in [2.45, 2.75) is 37.7 Å². The van der Waals surface area contributed by atoms with Gasteiger partial charge in [-0.15, -0.1) is 0 Å². The van der Waals surface area contributed by atoms with E-state index < -0.39 is 0 Å². The fourth-order valence-corrected chi connectivity index (χ4v) is 3.30. The van der Waals surface area contributed by atoms with Crippen LogP contribution in [0.5, 0.6) is 5.75 Å². The summed E-state index contributed by atoms with van der Waals surface area (Å²) >= 11 is 0. The van der Waals surface area contributed by atoms with Crippen LogP contribution in [0.4, 0.5) is 0 Å². The minimum absolute atomic E-state index is 0.355. The lowest BCUT2D eigenvalue weighted by molar-refractivity contribution is 0.117. The Kier molecular flexibility index (Phi) is 2.40. The van der Waals surface area contributed by atoms with Crippen molar-refractivity contribution in [3.8, 4) is 5.75 Å². The molecule has 1 atom stereocenters. The van der Waals surface area contributed by atoms with Crippen molar-refractivity contribution in [3.05, 3.63) is 29.8 Å². The molecule has 3 rings (SSSR count). The molecule has 0 aromatic heterocycles. The maximum absolute atomic E-state index is 5.94. The lowest BCUT2D eigenvalue weighted by Crippen LogP contribution is -2.45. The van der Waals surface area contributed by atoms with Crippen molar-refractivity contribution in [1.82, 2.24) is 5.32 Å². The maximum Gasteiger partial charge on any atom is 0.123 e. The quantitative estimate of drug-likeness (QED) is 0.721. The number of hydrogen-bond donors (Lipinski definition) is 1. The van der Waals surface area contributed by atoms with Crippen LogP contribution >= 0.6 is 0 Å². The molecule has 2 aliphatic heterocycles. The highest BCUT2D eigenvalue weighted by molar-refractivity contribution is 5.42. The summed E-state index contributed by atoms with van der Waals surface area (Å²) < 4.78 is 5.94. The molecule has 1 unspecified atom stereocenters. The van der Waals surface area contributed by atoms with E-state index in [4.69, 9.17) is 4.74 Å². The lowest BCUT2D eigenvalue weighted by atomic mass is 9.68. The van der Waals surface area contributed by atoms with E-state index >= 15 is 0 Å². The molecule has 1 saturated heterocycles. The van der Waals surface area contributed by atoms with E-state index in [1.807, 2.05) is 0 Å². The van der Waals surface area contributed by atoms with E-state index in [1.165, 1.54) is 24.8 Å². The molecule has 2 heteroatoms. The van der Waals surface area contributed by atoms with Gasteiger partial charge in [-0.3, -0.25) is 0 Å². The van der Waals surface area contributed by atoms with Crippen LogP contribution in [0.2, 0.25) is 0 Å². The number of ether oxygens (including phenoxy) is 1. The van der Waals surface area contributed by atoms with Gasteiger partial charge >= 0.3 is 0 Å². The normalized spacial score (nSPS) is 27.2. The molecular formula is C14H19NO. The van der Waals surface area contributed by atoms with Crippen molar-refractivity contribution >= 4 is 0 Å². The fraction of sp³-hybridized carbons (Fsp3) is 0.571. The van der Waals surface area contributed by atoms with Gasteiger partial charge in [0.2, 0.25) is 0 Å². The number of piperidine rings is 1. The number of para-hydroxylation sites is 1. The summed E-state index contributed by atoms with van der Waals surface area (Å²) in [7, 11) is 0. The molecule has 1 N–H and O–H groups in total. The predicted molar refractivity (Wildman–Crippen MR) is 64.9 cm³/mol. The van der Waals surface area contributed by atoms with Crippen molar-refractivity contribution in [3.63, 3.8) is 0 Å². The van der Waals surface area contributed by atoms with Crippen LogP contribution in [-0.2, 0) is 5.41 Å². The molecule has 0 amide bonds. The van der Waals surface area contributed by atoms with Crippen molar-refractivity contribution in [2.24, 2.45) is 0 Å². The number of benzene rings is 1. The summed E-state index contributed by atoms with van der Waals surface area (Å²) in [6.07, 6.45) is 4.02. The highest BCUT2D eigenvalue weighted by Gasteiger charge is 2.40. The topological polar surface area (TPSA) is 21.3 Å². The zero-order chi connectivity index (χ0) is 11.0. The average molecular weight is 217 g/mol. The van der Waals surface area contributed by atoms with Gasteiger partial charge < -0.3 is 10.1 Å². The SMILES string of the molecule is CC1CC2(CCNCC2)c2ccccc2O1. The third-order valence-electron chi connectivity index (χ3n) is 4.03. The minimum atomic E-state index is 0.355. The molecular weight excluding hydrogens is 198 g/mol. The first-order valence-corrected chi connectivity index (χ1v) is 6.27. The summed E-state index contributed by atoms with van der Waals surface area (Å²) in [5.41, 5.74) is 1.81. The molecule has 0 aliphatic carbocycles. The van der Waals surface area contributed by atoms with Gasteiger partial charge in [0, 0.05) is 11.0 Å². The Labute approximate surface area is 97.0 Å². The molecule has 1 fully saturated rings. The number of fused-ring (bicyclic) bond motifs is 2. The van der Waals surface area contributed by atoms with Crippen LogP contribution in [0.3, 0.4) is 0 Å². The van der Waals surface area contributed by atoms with Crippen LogP contribution in [0.1, 0.15) is 31.7 Å². The second-order valence-corrected chi connectivity index (χ2v) is 5.16. The van der Waals surface area contributed by atoms with E-state index in [0.717, 1.165) is 18.8 Å². The highest BCUT2D eigenvalue weighted by atomic mass is 16.5.